The molecule has 0 saturated heterocycles. The lowest BCUT2D eigenvalue weighted by atomic mass is 9.60. The molecule has 1 amide bonds. The Morgan fingerprint density at radius 3 is 2.19 bits per heavy atom. The molecule has 2 N–H and O–H groups in total. The SMILES string of the molecule is CC(C)(CC1(c2ccc(C(=O)Cc3ccccc3)cc2)CCC1)OC(N)=O. The Kier molecular flexibility index (Phi) is 5.36. The second kappa shape index (κ2) is 7.55. The Labute approximate surface area is 160 Å². The molecule has 3 rings (SSSR count). The van der Waals surface area contributed by atoms with E-state index in [0.717, 1.165) is 36.8 Å². The van der Waals surface area contributed by atoms with Gasteiger partial charge in [-0.1, -0.05) is 61.0 Å². The molecule has 0 aliphatic heterocycles. The van der Waals surface area contributed by atoms with Gasteiger partial charge in [-0.3, -0.25) is 4.79 Å². The van der Waals surface area contributed by atoms with Crippen molar-refractivity contribution in [2.75, 3.05) is 0 Å². The molecule has 1 saturated carbocycles. The summed E-state index contributed by atoms with van der Waals surface area (Å²) < 4.78 is 5.30. The number of nitrogens with two attached hydrogens (primary N) is 1. The molecule has 0 aromatic heterocycles. The van der Waals surface area contributed by atoms with E-state index in [9.17, 15) is 9.59 Å². The van der Waals surface area contributed by atoms with Crippen LogP contribution in [0.4, 0.5) is 4.79 Å². The van der Waals surface area contributed by atoms with Crippen LogP contribution in [0.15, 0.2) is 54.6 Å². The lowest BCUT2D eigenvalue weighted by Gasteiger charge is -2.46. The molecule has 0 bridgehead atoms. The maximum absolute atomic E-state index is 12.5. The summed E-state index contributed by atoms with van der Waals surface area (Å²) in [5, 5.41) is 0. The Morgan fingerprint density at radius 2 is 1.67 bits per heavy atom. The molecule has 4 heteroatoms. The van der Waals surface area contributed by atoms with E-state index in [1.54, 1.807) is 0 Å². The van der Waals surface area contributed by atoms with Crippen molar-refractivity contribution in [3.63, 3.8) is 0 Å². The highest BCUT2D eigenvalue weighted by Crippen LogP contribution is 2.49. The van der Waals surface area contributed by atoms with Crippen LogP contribution in [0.2, 0.25) is 0 Å². The highest BCUT2D eigenvalue weighted by Gasteiger charge is 2.44. The van der Waals surface area contributed by atoms with E-state index in [0.29, 0.717) is 6.42 Å². The second-order valence-corrected chi connectivity index (χ2v) is 8.15. The average molecular weight is 365 g/mol. The summed E-state index contributed by atoms with van der Waals surface area (Å²) in [4.78, 5) is 23.7. The Hall–Kier alpha value is -2.62. The second-order valence-electron chi connectivity index (χ2n) is 8.15. The molecular weight excluding hydrogens is 338 g/mol. The van der Waals surface area contributed by atoms with Gasteiger partial charge in [-0.15, -0.1) is 0 Å². The van der Waals surface area contributed by atoms with E-state index < -0.39 is 11.7 Å². The van der Waals surface area contributed by atoms with Crippen molar-refractivity contribution >= 4 is 11.9 Å². The van der Waals surface area contributed by atoms with Crippen LogP contribution < -0.4 is 5.73 Å². The van der Waals surface area contributed by atoms with Gasteiger partial charge in [0.1, 0.15) is 5.60 Å². The molecule has 2 aromatic rings. The zero-order valence-electron chi connectivity index (χ0n) is 16.0. The molecule has 1 aliphatic carbocycles. The third-order valence-electron chi connectivity index (χ3n) is 5.48. The van der Waals surface area contributed by atoms with Gasteiger partial charge in [0.25, 0.3) is 0 Å². The highest BCUT2D eigenvalue weighted by atomic mass is 16.6. The molecule has 0 radical (unpaired) electrons. The first kappa shape index (κ1) is 19.2. The van der Waals surface area contributed by atoms with Crippen molar-refractivity contribution in [3.05, 3.63) is 71.3 Å². The van der Waals surface area contributed by atoms with E-state index in [2.05, 4.69) is 12.1 Å². The summed E-state index contributed by atoms with van der Waals surface area (Å²) in [5.41, 5.74) is 7.53. The summed E-state index contributed by atoms with van der Waals surface area (Å²) in [6.45, 7) is 3.80. The van der Waals surface area contributed by atoms with Crippen LogP contribution >= 0.6 is 0 Å². The number of Topliss-reactive ketones (excluding diaryl/α,β-unsaturated/α-hetero) is 1. The van der Waals surface area contributed by atoms with E-state index in [4.69, 9.17) is 10.5 Å². The quantitative estimate of drug-likeness (QED) is 0.717. The van der Waals surface area contributed by atoms with E-state index in [1.807, 2.05) is 56.3 Å². The first-order valence-corrected chi connectivity index (χ1v) is 9.46. The predicted octanol–water partition coefficient (Wildman–Crippen LogP) is 4.80. The summed E-state index contributed by atoms with van der Waals surface area (Å²) in [5.74, 6) is 0.118. The van der Waals surface area contributed by atoms with Gasteiger partial charge in [-0.25, -0.2) is 4.79 Å². The van der Waals surface area contributed by atoms with E-state index in [1.165, 1.54) is 5.56 Å². The fourth-order valence-electron chi connectivity index (χ4n) is 4.19. The number of ketones is 1. The average Bonchev–Trinajstić information content (AvgIpc) is 2.58. The van der Waals surface area contributed by atoms with Gasteiger partial charge in [-0.2, -0.15) is 0 Å². The van der Waals surface area contributed by atoms with Crippen LogP contribution in [0.3, 0.4) is 0 Å². The fourth-order valence-corrected chi connectivity index (χ4v) is 4.19. The minimum Gasteiger partial charge on any atom is -0.444 e. The van der Waals surface area contributed by atoms with Gasteiger partial charge in [0.15, 0.2) is 5.78 Å². The van der Waals surface area contributed by atoms with E-state index in [-0.39, 0.29) is 11.2 Å². The number of carbonyl (C=O) groups is 2. The van der Waals surface area contributed by atoms with Gasteiger partial charge < -0.3 is 10.5 Å². The first-order valence-electron chi connectivity index (χ1n) is 9.46. The maximum atomic E-state index is 12.5. The Morgan fingerprint density at radius 1 is 1.04 bits per heavy atom. The molecule has 1 aliphatic rings. The molecule has 0 heterocycles. The van der Waals surface area contributed by atoms with Crippen molar-refractivity contribution in [3.8, 4) is 0 Å². The smallest absolute Gasteiger partial charge is 0.405 e. The molecule has 0 unspecified atom stereocenters. The summed E-state index contributed by atoms with van der Waals surface area (Å²) in [7, 11) is 0. The molecular formula is C23H27NO3. The van der Waals surface area contributed by atoms with Crippen LogP contribution in [0, 0.1) is 0 Å². The Bertz CT molecular complexity index is 805. The molecule has 142 valence electrons. The van der Waals surface area contributed by atoms with Crippen LogP contribution in [-0.4, -0.2) is 17.5 Å². The number of hydrogen-bond donors (Lipinski definition) is 1. The normalized spacial score (nSPS) is 15.6. The number of primary amides is 1. The van der Waals surface area contributed by atoms with Crippen molar-refractivity contribution in [1.29, 1.82) is 0 Å². The van der Waals surface area contributed by atoms with Crippen molar-refractivity contribution < 1.29 is 14.3 Å². The number of hydrogen-bond acceptors (Lipinski definition) is 3. The minimum atomic E-state index is -0.740. The number of carbonyl (C=O) groups excluding carboxylic acids is 2. The highest BCUT2D eigenvalue weighted by molar-refractivity contribution is 5.97. The zero-order valence-corrected chi connectivity index (χ0v) is 16.0. The van der Waals surface area contributed by atoms with Gasteiger partial charge in [-0.05, 0) is 49.7 Å². The van der Waals surface area contributed by atoms with E-state index >= 15 is 0 Å². The monoisotopic (exact) mass is 365 g/mol. The van der Waals surface area contributed by atoms with Crippen LogP contribution in [0.25, 0.3) is 0 Å². The third kappa shape index (κ3) is 4.57. The first-order chi connectivity index (χ1) is 12.8. The Balaban J connectivity index is 1.73. The lowest BCUT2D eigenvalue weighted by Crippen LogP contribution is -2.44. The van der Waals surface area contributed by atoms with Crippen LogP contribution in [0.1, 0.15) is 61.0 Å². The summed E-state index contributed by atoms with van der Waals surface area (Å²) in [6.07, 6.45) is 3.65. The van der Waals surface area contributed by atoms with Gasteiger partial charge in [0.05, 0.1) is 0 Å². The zero-order chi connectivity index (χ0) is 19.5. The van der Waals surface area contributed by atoms with Crippen LogP contribution in [-0.2, 0) is 16.6 Å². The van der Waals surface area contributed by atoms with Gasteiger partial charge >= 0.3 is 6.09 Å². The third-order valence-corrected chi connectivity index (χ3v) is 5.48. The molecule has 2 aromatic carbocycles. The lowest BCUT2D eigenvalue weighted by molar-refractivity contribution is 0.00508. The fraction of sp³-hybridized carbons (Fsp3) is 0.391. The summed E-state index contributed by atoms with van der Waals surface area (Å²) in [6, 6.07) is 17.7. The number of amides is 1. The number of benzene rings is 2. The summed E-state index contributed by atoms with van der Waals surface area (Å²) >= 11 is 0. The molecule has 0 spiro atoms. The molecule has 4 nitrogen and oxygen atoms in total. The van der Waals surface area contributed by atoms with Crippen molar-refractivity contribution in [2.45, 2.75) is 57.0 Å². The number of rotatable bonds is 7. The van der Waals surface area contributed by atoms with Gasteiger partial charge in [0.2, 0.25) is 0 Å². The molecule has 1 fully saturated rings. The topological polar surface area (TPSA) is 69.4 Å². The maximum Gasteiger partial charge on any atom is 0.405 e. The minimum absolute atomic E-state index is 0.0139. The van der Waals surface area contributed by atoms with Crippen LogP contribution in [0.5, 0.6) is 0 Å². The molecule has 27 heavy (non-hydrogen) atoms. The van der Waals surface area contributed by atoms with Crippen molar-refractivity contribution in [2.24, 2.45) is 5.73 Å². The number of ether oxygens (including phenoxy) is 1. The van der Waals surface area contributed by atoms with Crippen molar-refractivity contribution in [1.82, 2.24) is 0 Å². The standard InChI is InChI=1S/C23H27NO3/c1-22(2,27-21(24)26)16-23(13-6-14-23)19-11-9-18(10-12-19)20(25)15-17-7-4-3-5-8-17/h3-5,7-12H,6,13-16H2,1-2H3,(H2,24,26). The molecule has 0 atom stereocenters. The predicted molar refractivity (Wildman–Crippen MR) is 106 cm³/mol. The van der Waals surface area contributed by atoms with Gasteiger partial charge in [0, 0.05) is 12.0 Å². The largest absolute Gasteiger partial charge is 0.444 e.